The van der Waals surface area contributed by atoms with E-state index in [0.717, 1.165) is 5.02 Å². The van der Waals surface area contributed by atoms with Crippen molar-refractivity contribution >= 4 is 17.4 Å². The van der Waals surface area contributed by atoms with Crippen LogP contribution in [0.25, 0.3) is 0 Å². The summed E-state index contributed by atoms with van der Waals surface area (Å²) in [7, 11) is 0. The van der Waals surface area contributed by atoms with Gasteiger partial charge in [0.15, 0.2) is 0 Å². The molecule has 1 aromatic carbocycles. The average molecular weight is 185 g/mol. The number of hydrogen-bond acceptors (Lipinski definition) is 1. The summed E-state index contributed by atoms with van der Waals surface area (Å²) in [5.74, 6) is 0.255. The monoisotopic (exact) mass is 184 g/mol. The van der Waals surface area contributed by atoms with Gasteiger partial charge in [0.25, 0.3) is 0 Å². The molecule has 0 aliphatic carbocycles. The van der Waals surface area contributed by atoms with Crippen molar-refractivity contribution < 1.29 is 4.79 Å². The van der Waals surface area contributed by atoms with E-state index >= 15 is 0 Å². The maximum Gasteiger partial charge on any atom is 0.129 e. The molecule has 0 unspecified atom stereocenters. The highest BCUT2D eigenvalue weighted by atomic mass is 35.5. The number of ketones is 1. The van der Waals surface area contributed by atoms with Crippen LogP contribution in [0.3, 0.4) is 0 Å². The van der Waals surface area contributed by atoms with E-state index in [1.54, 1.807) is 6.92 Å². The van der Waals surface area contributed by atoms with E-state index in [1.807, 2.05) is 37.3 Å². The lowest BCUT2D eigenvalue weighted by Gasteiger charge is -1.80. The third-order valence-corrected chi connectivity index (χ3v) is 1.48. The number of carbonyl (C=O) groups is 1. The van der Waals surface area contributed by atoms with Crippen molar-refractivity contribution in [2.75, 3.05) is 0 Å². The largest absolute Gasteiger partial charge is 0.300 e. The predicted octanol–water partition coefficient (Wildman–Crippen LogP) is 3.33. The summed E-state index contributed by atoms with van der Waals surface area (Å²) in [6.45, 7) is 3.43. The van der Waals surface area contributed by atoms with Crippen LogP contribution in [-0.4, -0.2) is 5.78 Å². The number of Topliss-reactive ketones (excluding diaryl/α,β-unsaturated/α-hetero) is 1. The molecule has 0 saturated carbocycles. The van der Waals surface area contributed by atoms with Gasteiger partial charge in [-0.05, 0) is 19.1 Å². The molecule has 0 amide bonds. The SMILES string of the molecule is CCC(C)=O.Clc1ccccc1. The third-order valence-electron chi connectivity index (χ3n) is 1.23. The normalized spacial score (nSPS) is 8.25. The Morgan fingerprint density at radius 1 is 1.33 bits per heavy atom. The highest BCUT2D eigenvalue weighted by molar-refractivity contribution is 6.30. The van der Waals surface area contributed by atoms with Gasteiger partial charge in [-0.25, -0.2) is 0 Å². The van der Waals surface area contributed by atoms with E-state index in [1.165, 1.54) is 0 Å². The third kappa shape index (κ3) is 7.29. The summed E-state index contributed by atoms with van der Waals surface area (Å²) in [5, 5.41) is 0.794. The number of hydrogen-bond donors (Lipinski definition) is 0. The predicted molar refractivity (Wildman–Crippen MR) is 52.4 cm³/mol. The fourth-order valence-electron chi connectivity index (χ4n) is 0.415. The Morgan fingerprint density at radius 2 is 1.75 bits per heavy atom. The van der Waals surface area contributed by atoms with Crippen molar-refractivity contribution in [1.29, 1.82) is 0 Å². The zero-order chi connectivity index (χ0) is 9.40. The Kier molecular flexibility index (Phi) is 6.39. The van der Waals surface area contributed by atoms with Crippen LogP contribution < -0.4 is 0 Å². The Balaban J connectivity index is 0.000000217. The first-order valence-corrected chi connectivity index (χ1v) is 4.24. The fourth-order valence-corrected chi connectivity index (χ4v) is 0.560. The Hall–Kier alpha value is -0.820. The van der Waals surface area contributed by atoms with Crippen molar-refractivity contribution in [2.24, 2.45) is 0 Å². The molecule has 0 atom stereocenters. The standard InChI is InChI=1S/C6H5Cl.C4H8O/c7-6-4-2-1-3-5-6;1-3-4(2)5/h1-5H;3H2,1-2H3. The molecule has 0 aliphatic rings. The van der Waals surface area contributed by atoms with E-state index in [2.05, 4.69) is 0 Å². The minimum Gasteiger partial charge on any atom is -0.300 e. The van der Waals surface area contributed by atoms with Crippen LogP contribution in [0.15, 0.2) is 30.3 Å². The molecule has 0 heterocycles. The van der Waals surface area contributed by atoms with Gasteiger partial charge in [-0.2, -0.15) is 0 Å². The van der Waals surface area contributed by atoms with Crippen molar-refractivity contribution in [3.05, 3.63) is 35.4 Å². The fraction of sp³-hybridized carbons (Fsp3) is 0.300. The minimum atomic E-state index is 0.255. The molecule has 0 spiro atoms. The van der Waals surface area contributed by atoms with Crippen LogP contribution in [0.2, 0.25) is 5.02 Å². The van der Waals surface area contributed by atoms with Gasteiger partial charge in [0, 0.05) is 11.4 Å². The average Bonchev–Trinajstić information content (AvgIpc) is 2.07. The molecule has 0 N–H and O–H groups in total. The molecule has 12 heavy (non-hydrogen) atoms. The van der Waals surface area contributed by atoms with Gasteiger partial charge in [0.05, 0.1) is 0 Å². The van der Waals surface area contributed by atoms with Gasteiger partial charge in [-0.1, -0.05) is 36.7 Å². The molecule has 0 aliphatic heterocycles. The lowest BCUT2D eigenvalue weighted by Crippen LogP contribution is -1.80. The molecule has 0 radical (unpaired) electrons. The highest BCUT2D eigenvalue weighted by Gasteiger charge is 1.77. The maximum absolute atomic E-state index is 9.81. The molecular formula is C10H13ClO. The lowest BCUT2D eigenvalue weighted by atomic mass is 10.4. The smallest absolute Gasteiger partial charge is 0.129 e. The highest BCUT2D eigenvalue weighted by Crippen LogP contribution is 2.03. The zero-order valence-corrected chi connectivity index (χ0v) is 8.14. The second-order valence-corrected chi connectivity index (χ2v) is 2.79. The lowest BCUT2D eigenvalue weighted by molar-refractivity contribution is -0.116. The summed E-state index contributed by atoms with van der Waals surface area (Å²) < 4.78 is 0. The minimum absolute atomic E-state index is 0.255. The summed E-state index contributed by atoms with van der Waals surface area (Å²) >= 11 is 5.54. The number of carbonyl (C=O) groups excluding carboxylic acids is 1. The first-order valence-electron chi connectivity index (χ1n) is 3.86. The molecule has 1 nitrogen and oxygen atoms in total. The molecule has 0 aromatic heterocycles. The second kappa shape index (κ2) is 6.86. The first kappa shape index (κ1) is 11.2. The summed E-state index contributed by atoms with van der Waals surface area (Å²) in [6, 6.07) is 9.44. The van der Waals surface area contributed by atoms with E-state index in [0.29, 0.717) is 6.42 Å². The van der Waals surface area contributed by atoms with Crippen LogP contribution in [0, 0.1) is 0 Å². The molecule has 2 heteroatoms. The first-order chi connectivity index (χ1) is 5.66. The van der Waals surface area contributed by atoms with Gasteiger partial charge in [-0.15, -0.1) is 0 Å². The van der Waals surface area contributed by atoms with E-state index in [-0.39, 0.29) is 5.78 Å². The topological polar surface area (TPSA) is 17.1 Å². The van der Waals surface area contributed by atoms with Crippen molar-refractivity contribution in [3.63, 3.8) is 0 Å². The van der Waals surface area contributed by atoms with Crippen molar-refractivity contribution in [3.8, 4) is 0 Å². The van der Waals surface area contributed by atoms with Gasteiger partial charge >= 0.3 is 0 Å². The summed E-state index contributed by atoms with van der Waals surface area (Å²) in [4.78, 5) is 9.81. The molecule has 1 rings (SSSR count). The van der Waals surface area contributed by atoms with Gasteiger partial charge in [0.1, 0.15) is 5.78 Å². The van der Waals surface area contributed by atoms with E-state index < -0.39 is 0 Å². The number of halogens is 1. The maximum atomic E-state index is 9.81. The molecule has 0 saturated heterocycles. The van der Waals surface area contributed by atoms with E-state index in [4.69, 9.17) is 11.6 Å². The molecule has 1 aromatic rings. The number of benzene rings is 1. The van der Waals surface area contributed by atoms with Gasteiger partial charge < -0.3 is 4.79 Å². The summed E-state index contributed by atoms with van der Waals surface area (Å²) in [6.07, 6.45) is 0.667. The Bertz CT molecular complexity index is 219. The quantitative estimate of drug-likeness (QED) is 0.655. The van der Waals surface area contributed by atoms with Crippen LogP contribution in [0.1, 0.15) is 20.3 Å². The summed E-state index contributed by atoms with van der Waals surface area (Å²) in [5.41, 5.74) is 0. The van der Waals surface area contributed by atoms with Crippen molar-refractivity contribution in [2.45, 2.75) is 20.3 Å². The Labute approximate surface area is 78.4 Å². The van der Waals surface area contributed by atoms with E-state index in [9.17, 15) is 4.79 Å². The van der Waals surface area contributed by atoms with Crippen molar-refractivity contribution in [1.82, 2.24) is 0 Å². The molecule has 0 fully saturated rings. The van der Waals surface area contributed by atoms with Crippen LogP contribution in [0.4, 0.5) is 0 Å². The van der Waals surface area contributed by atoms with Gasteiger partial charge in [0.2, 0.25) is 0 Å². The van der Waals surface area contributed by atoms with Crippen LogP contribution in [-0.2, 0) is 4.79 Å². The zero-order valence-electron chi connectivity index (χ0n) is 7.38. The van der Waals surface area contributed by atoms with Crippen LogP contribution >= 0.6 is 11.6 Å². The number of rotatable bonds is 1. The Morgan fingerprint density at radius 3 is 1.92 bits per heavy atom. The van der Waals surface area contributed by atoms with Gasteiger partial charge in [-0.3, -0.25) is 0 Å². The van der Waals surface area contributed by atoms with Crippen LogP contribution in [0.5, 0.6) is 0 Å². The second-order valence-electron chi connectivity index (χ2n) is 2.35. The molecular weight excluding hydrogens is 172 g/mol. The molecule has 66 valence electrons. The molecule has 0 bridgehead atoms.